The highest BCUT2D eigenvalue weighted by molar-refractivity contribution is 6.34. The third-order valence-electron chi connectivity index (χ3n) is 2.79. The van der Waals surface area contributed by atoms with Gasteiger partial charge in [-0.05, 0) is 35.9 Å². The van der Waals surface area contributed by atoms with Gasteiger partial charge in [0.2, 0.25) is 0 Å². The largest absolute Gasteiger partial charge is 0.497 e. The molecule has 0 unspecified atom stereocenters. The molecule has 0 atom stereocenters. The SMILES string of the molecule is COc1cccc(CC(=O)c2ccc(N)cc2Cl)c1. The van der Waals surface area contributed by atoms with E-state index in [-0.39, 0.29) is 12.2 Å². The number of ketones is 1. The van der Waals surface area contributed by atoms with Crippen molar-refractivity contribution in [3.05, 3.63) is 58.6 Å². The molecule has 0 saturated heterocycles. The van der Waals surface area contributed by atoms with Crippen molar-refractivity contribution in [1.82, 2.24) is 0 Å². The molecule has 2 aromatic rings. The molecule has 3 nitrogen and oxygen atoms in total. The minimum absolute atomic E-state index is 0.0433. The van der Waals surface area contributed by atoms with Crippen LogP contribution in [-0.2, 0) is 6.42 Å². The molecule has 0 fully saturated rings. The van der Waals surface area contributed by atoms with Crippen LogP contribution in [-0.4, -0.2) is 12.9 Å². The zero-order chi connectivity index (χ0) is 13.8. The smallest absolute Gasteiger partial charge is 0.168 e. The normalized spacial score (nSPS) is 10.2. The van der Waals surface area contributed by atoms with Crippen molar-refractivity contribution in [2.75, 3.05) is 12.8 Å². The first kappa shape index (κ1) is 13.4. The Bertz CT molecular complexity index is 611. The molecule has 0 aliphatic heterocycles. The number of halogens is 1. The fourth-order valence-corrected chi connectivity index (χ4v) is 2.11. The van der Waals surface area contributed by atoms with Gasteiger partial charge in [-0.1, -0.05) is 23.7 Å². The Morgan fingerprint density at radius 2 is 2.05 bits per heavy atom. The van der Waals surface area contributed by atoms with Crippen LogP contribution < -0.4 is 10.5 Å². The maximum absolute atomic E-state index is 12.2. The highest BCUT2D eigenvalue weighted by Gasteiger charge is 2.11. The molecule has 0 aliphatic carbocycles. The fraction of sp³-hybridized carbons (Fsp3) is 0.133. The number of nitrogens with two attached hydrogens (primary N) is 1. The van der Waals surface area contributed by atoms with Crippen LogP contribution >= 0.6 is 11.6 Å². The second-order valence-corrected chi connectivity index (χ2v) is 4.60. The number of Topliss-reactive ketones (excluding diaryl/α,β-unsaturated/α-hetero) is 1. The third kappa shape index (κ3) is 3.26. The molecule has 2 aromatic carbocycles. The Morgan fingerprint density at radius 3 is 2.74 bits per heavy atom. The summed E-state index contributed by atoms with van der Waals surface area (Å²) in [5.41, 5.74) is 7.52. The molecule has 0 spiro atoms. The van der Waals surface area contributed by atoms with Crippen LogP contribution in [0.25, 0.3) is 0 Å². The maximum Gasteiger partial charge on any atom is 0.168 e. The first-order valence-electron chi connectivity index (χ1n) is 5.81. The topological polar surface area (TPSA) is 52.3 Å². The summed E-state index contributed by atoms with van der Waals surface area (Å²) in [6.45, 7) is 0. The van der Waals surface area contributed by atoms with Crippen LogP contribution in [0.5, 0.6) is 5.75 Å². The van der Waals surface area contributed by atoms with Gasteiger partial charge in [-0.3, -0.25) is 4.79 Å². The molecular formula is C15H14ClNO2. The number of rotatable bonds is 4. The van der Waals surface area contributed by atoms with E-state index in [9.17, 15) is 4.79 Å². The molecule has 19 heavy (non-hydrogen) atoms. The van der Waals surface area contributed by atoms with Gasteiger partial charge in [-0.2, -0.15) is 0 Å². The molecule has 0 amide bonds. The van der Waals surface area contributed by atoms with Gasteiger partial charge in [0.1, 0.15) is 5.75 Å². The number of benzene rings is 2. The number of hydrogen-bond donors (Lipinski definition) is 1. The third-order valence-corrected chi connectivity index (χ3v) is 3.11. The first-order chi connectivity index (χ1) is 9.10. The van der Waals surface area contributed by atoms with E-state index in [2.05, 4.69) is 0 Å². The average Bonchev–Trinajstić information content (AvgIpc) is 2.38. The monoisotopic (exact) mass is 275 g/mol. The number of hydrogen-bond acceptors (Lipinski definition) is 3. The lowest BCUT2D eigenvalue weighted by Crippen LogP contribution is -2.05. The quantitative estimate of drug-likeness (QED) is 0.688. The number of carbonyl (C=O) groups excluding carboxylic acids is 1. The lowest BCUT2D eigenvalue weighted by molar-refractivity contribution is 0.0993. The Kier molecular flexibility index (Phi) is 4.07. The minimum atomic E-state index is -0.0433. The van der Waals surface area contributed by atoms with E-state index < -0.39 is 0 Å². The Hall–Kier alpha value is -2.00. The van der Waals surface area contributed by atoms with Crippen molar-refractivity contribution < 1.29 is 9.53 Å². The summed E-state index contributed by atoms with van der Waals surface area (Å²) in [4.78, 5) is 12.2. The second kappa shape index (κ2) is 5.76. The van der Waals surface area contributed by atoms with E-state index in [4.69, 9.17) is 22.1 Å². The summed E-state index contributed by atoms with van der Waals surface area (Å²) in [5, 5.41) is 0.382. The highest BCUT2D eigenvalue weighted by atomic mass is 35.5. The predicted molar refractivity (Wildman–Crippen MR) is 76.9 cm³/mol. The lowest BCUT2D eigenvalue weighted by Gasteiger charge is -2.06. The van der Waals surface area contributed by atoms with Gasteiger partial charge in [0, 0.05) is 17.7 Å². The number of methoxy groups -OCH3 is 1. The van der Waals surface area contributed by atoms with Crippen molar-refractivity contribution in [3.8, 4) is 5.75 Å². The van der Waals surface area contributed by atoms with E-state index in [1.165, 1.54) is 0 Å². The van der Waals surface area contributed by atoms with Crippen LogP contribution in [0, 0.1) is 0 Å². The molecule has 4 heteroatoms. The molecule has 0 aliphatic rings. The molecule has 0 aromatic heterocycles. The summed E-state index contributed by atoms with van der Waals surface area (Å²) in [6.07, 6.45) is 0.279. The number of ether oxygens (including phenoxy) is 1. The average molecular weight is 276 g/mol. The standard InChI is InChI=1S/C15H14ClNO2/c1-19-12-4-2-3-10(7-12)8-15(18)13-6-5-11(17)9-14(13)16/h2-7,9H,8,17H2,1H3. The Balaban J connectivity index is 2.20. The van der Waals surface area contributed by atoms with E-state index in [1.807, 2.05) is 24.3 Å². The molecule has 98 valence electrons. The van der Waals surface area contributed by atoms with Crippen molar-refractivity contribution in [1.29, 1.82) is 0 Å². The fourth-order valence-electron chi connectivity index (χ4n) is 1.82. The summed E-state index contributed by atoms with van der Waals surface area (Å²) < 4.78 is 5.13. The van der Waals surface area contributed by atoms with Crippen LogP contribution in [0.2, 0.25) is 5.02 Å². The van der Waals surface area contributed by atoms with Gasteiger partial charge in [0.15, 0.2) is 5.78 Å². The maximum atomic E-state index is 12.2. The molecule has 2 rings (SSSR count). The van der Waals surface area contributed by atoms with Crippen LogP contribution in [0.1, 0.15) is 15.9 Å². The highest BCUT2D eigenvalue weighted by Crippen LogP contribution is 2.22. The summed E-state index contributed by atoms with van der Waals surface area (Å²) in [6, 6.07) is 12.3. The van der Waals surface area contributed by atoms with Gasteiger partial charge in [0.05, 0.1) is 12.1 Å². The van der Waals surface area contributed by atoms with E-state index in [1.54, 1.807) is 25.3 Å². The van der Waals surface area contributed by atoms with Crippen LogP contribution in [0.3, 0.4) is 0 Å². The molecule has 2 N–H and O–H groups in total. The molecule has 0 heterocycles. The van der Waals surface area contributed by atoms with Gasteiger partial charge >= 0.3 is 0 Å². The summed E-state index contributed by atoms with van der Waals surface area (Å²) in [5.74, 6) is 0.687. The van der Waals surface area contributed by atoms with E-state index in [0.29, 0.717) is 16.3 Å². The van der Waals surface area contributed by atoms with Gasteiger partial charge in [-0.25, -0.2) is 0 Å². The van der Waals surface area contributed by atoms with E-state index in [0.717, 1.165) is 11.3 Å². The van der Waals surface area contributed by atoms with Crippen molar-refractivity contribution in [2.45, 2.75) is 6.42 Å². The second-order valence-electron chi connectivity index (χ2n) is 4.19. The minimum Gasteiger partial charge on any atom is -0.497 e. The summed E-state index contributed by atoms with van der Waals surface area (Å²) in [7, 11) is 1.60. The molecule has 0 saturated carbocycles. The van der Waals surface area contributed by atoms with E-state index >= 15 is 0 Å². The van der Waals surface area contributed by atoms with Crippen LogP contribution in [0.15, 0.2) is 42.5 Å². The molecule has 0 bridgehead atoms. The van der Waals surface area contributed by atoms with Crippen molar-refractivity contribution in [3.63, 3.8) is 0 Å². The number of nitrogen functional groups attached to an aromatic ring is 1. The summed E-state index contributed by atoms with van der Waals surface area (Å²) >= 11 is 6.02. The number of anilines is 1. The van der Waals surface area contributed by atoms with Gasteiger partial charge in [-0.15, -0.1) is 0 Å². The Labute approximate surface area is 117 Å². The van der Waals surface area contributed by atoms with Crippen LogP contribution in [0.4, 0.5) is 5.69 Å². The molecular weight excluding hydrogens is 262 g/mol. The van der Waals surface area contributed by atoms with Crippen molar-refractivity contribution >= 4 is 23.1 Å². The number of carbonyl (C=O) groups is 1. The first-order valence-corrected chi connectivity index (χ1v) is 6.19. The Morgan fingerprint density at radius 1 is 1.26 bits per heavy atom. The van der Waals surface area contributed by atoms with Crippen molar-refractivity contribution in [2.24, 2.45) is 0 Å². The van der Waals surface area contributed by atoms with Gasteiger partial charge in [0.25, 0.3) is 0 Å². The van der Waals surface area contributed by atoms with Gasteiger partial charge < -0.3 is 10.5 Å². The predicted octanol–water partition coefficient (Wildman–Crippen LogP) is 3.36. The molecule has 0 radical (unpaired) electrons. The zero-order valence-electron chi connectivity index (χ0n) is 10.5. The lowest BCUT2D eigenvalue weighted by atomic mass is 10.0. The zero-order valence-corrected chi connectivity index (χ0v) is 11.3.